The summed E-state index contributed by atoms with van der Waals surface area (Å²) in [6, 6.07) is 46.4. The van der Waals surface area contributed by atoms with Gasteiger partial charge in [0, 0.05) is 55.1 Å². The van der Waals surface area contributed by atoms with E-state index in [2.05, 4.69) is 186 Å². The molecule has 0 radical (unpaired) electrons. The van der Waals surface area contributed by atoms with Crippen LogP contribution in [0.4, 0.5) is 0 Å². The van der Waals surface area contributed by atoms with E-state index in [0.29, 0.717) is 0 Å². The lowest BCUT2D eigenvalue weighted by atomic mass is 9.82. The molecule has 0 N–H and O–H groups in total. The first-order valence-corrected chi connectivity index (χ1v) is 19.5. The Morgan fingerprint density at radius 3 is 1.13 bits per heavy atom. The Morgan fingerprint density at radius 1 is 0.352 bits per heavy atom. The standard InChI is InChI=1S/C52H44N2/c1-29-31(3)53(33-17-19-41-39-13-9-11-15-45(39)51(5,6)47(41)27-33)49-35(29)21-23-37-38-24-22-36-30(2)32(4)54(50(36)44(38)26-25-43(37)49)34-18-20-42-40-14-10-12-16-46(40)52(7,8)48(42)28-34/h9-28H,1-8H3. The van der Waals surface area contributed by atoms with Crippen molar-refractivity contribution in [2.45, 2.75) is 66.2 Å². The predicted molar refractivity (Wildman–Crippen MR) is 229 cm³/mol. The number of fused-ring (bicyclic) bond motifs is 13. The molecule has 2 nitrogen and oxygen atoms in total. The van der Waals surface area contributed by atoms with Crippen LogP contribution in [0, 0.1) is 27.7 Å². The first-order valence-electron chi connectivity index (χ1n) is 19.5. The smallest absolute Gasteiger partial charge is 0.0612 e. The highest BCUT2D eigenvalue weighted by Crippen LogP contribution is 2.51. The van der Waals surface area contributed by atoms with Crippen LogP contribution in [0.1, 0.15) is 72.5 Å². The summed E-state index contributed by atoms with van der Waals surface area (Å²) in [7, 11) is 0. The Labute approximate surface area is 317 Å². The second-order valence-corrected chi connectivity index (χ2v) is 17.1. The first kappa shape index (κ1) is 31.6. The molecule has 0 spiro atoms. The van der Waals surface area contributed by atoms with E-state index in [1.807, 2.05) is 0 Å². The van der Waals surface area contributed by atoms with Gasteiger partial charge in [0.2, 0.25) is 0 Å². The summed E-state index contributed by atoms with van der Waals surface area (Å²) in [5.41, 5.74) is 21.3. The van der Waals surface area contributed by atoms with Crippen molar-refractivity contribution < 1.29 is 0 Å². The largest absolute Gasteiger partial charge is 0.313 e. The van der Waals surface area contributed by atoms with Crippen molar-refractivity contribution in [3.8, 4) is 33.6 Å². The Morgan fingerprint density at radius 2 is 0.704 bits per heavy atom. The zero-order chi connectivity index (χ0) is 37.0. The molecule has 2 aliphatic carbocycles. The summed E-state index contributed by atoms with van der Waals surface area (Å²) in [6.45, 7) is 18.6. The summed E-state index contributed by atoms with van der Waals surface area (Å²) < 4.78 is 5.05. The van der Waals surface area contributed by atoms with Gasteiger partial charge in [-0.05, 0) is 118 Å². The lowest BCUT2D eigenvalue weighted by Crippen LogP contribution is -2.15. The minimum Gasteiger partial charge on any atom is -0.313 e. The lowest BCUT2D eigenvalue weighted by Gasteiger charge is -2.22. The summed E-state index contributed by atoms with van der Waals surface area (Å²) in [4.78, 5) is 0. The Hall–Kier alpha value is -5.86. The molecule has 2 aliphatic rings. The maximum absolute atomic E-state index is 2.53. The molecule has 9 aromatic rings. The average Bonchev–Trinajstić information content (AvgIpc) is 3.78. The van der Waals surface area contributed by atoms with Gasteiger partial charge >= 0.3 is 0 Å². The van der Waals surface area contributed by atoms with Crippen LogP contribution in [-0.2, 0) is 10.8 Å². The van der Waals surface area contributed by atoms with E-state index in [0.717, 1.165) is 0 Å². The van der Waals surface area contributed by atoms with Gasteiger partial charge in [0.15, 0.2) is 0 Å². The van der Waals surface area contributed by atoms with E-state index in [1.165, 1.54) is 122 Å². The van der Waals surface area contributed by atoms with Crippen LogP contribution < -0.4 is 0 Å². The highest BCUT2D eigenvalue weighted by molar-refractivity contribution is 6.22. The van der Waals surface area contributed by atoms with Crippen molar-refractivity contribution in [3.05, 3.63) is 166 Å². The Balaban J connectivity index is 1.14. The fourth-order valence-electron chi connectivity index (χ4n) is 10.6. The van der Waals surface area contributed by atoms with Crippen molar-refractivity contribution in [2.24, 2.45) is 0 Å². The molecule has 54 heavy (non-hydrogen) atoms. The monoisotopic (exact) mass is 696 g/mol. The molecule has 11 rings (SSSR count). The van der Waals surface area contributed by atoms with Gasteiger partial charge in [-0.3, -0.25) is 0 Å². The van der Waals surface area contributed by atoms with Gasteiger partial charge in [-0.15, -0.1) is 0 Å². The minimum atomic E-state index is -0.0543. The normalized spacial score (nSPS) is 15.0. The van der Waals surface area contributed by atoms with E-state index >= 15 is 0 Å². The van der Waals surface area contributed by atoms with Crippen molar-refractivity contribution in [1.82, 2.24) is 9.13 Å². The fourth-order valence-corrected chi connectivity index (χ4v) is 10.6. The van der Waals surface area contributed by atoms with Gasteiger partial charge in [0.1, 0.15) is 0 Å². The number of nitrogens with zero attached hydrogens (tertiary/aromatic N) is 2. The van der Waals surface area contributed by atoms with E-state index in [-0.39, 0.29) is 10.8 Å². The molecule has 2 aromatic heterocycles. The summed E-state index contributed by atoms with van der Waals surface area (Å²) in [5, 5.41) is 7.82. The number of hydrogen-bond acceptors (Lipinski definition) is 0. The average molecular weight is 697 g/mol. The highest BCUT2D eigenvalue weighted by Gasteiger charge is 2.37. The predicted octanol–water partition coefficient (Wildman–Crippen LogP) is 13.7. The van der Waals surface area contributed by atoms with Crippen LogP contribution in [-0.4, -0.2) is 9.13 Å². The molecule has 262 valence electrons. The first-order chi connectivity index (χ1) is 26.0. The van der Waals surface area contributed by atoms with Crippen molar-refractivity contribution in [2.75, 3.05) is 0 Å². The van der Waals surface area contributed by atoms with Gasteiger partial charge < -0.3 is 9.13 Å². The zero-order valence-electron chi connectivity index (χ0n) is 32.4. The molecule has 0 aliphatic heterocycles. The third kappa shape index (κ3) is 3.81. The minimum absolute atomic E-state index is 0.0543. The van der Waals surface area contributed by atoms with Gasteiger partial charge in [-0.25, -0.2) is 0 Å². The van der Waals surface area contributed by atoms with Gasteiger partial charge in [0.25, 0.3) is 0 Å². The molecule has 7 aromatic carbocycles. The van der Waals surface area contributed by atoms with E-state index in [9.17, 15) is 0 Å². The van der Waals surface area contributed by atoms with Crippen molar-refractivity contribution in [1.29, 1.82) is 0 Å². The molecule has 2 heteroatoms. The maximum atomic E-state index is 2.53. The Bertz CT molecular complexity index is 2930. The number of aryl methyl sites for hydroxylation is 2. The molecular weight excluding hydrogens is 653 g/mol. The van der Waals surface area contributed by atoms with Crippen LogP contribution >= 0.6 is 0 Å². The van der Waals surface area contributed by atoms with Gasteiger partial charge in [-0.1, -0.05) is 125 Å². The molecule has 0 bridgehead atoms. The molecule has 0 saturated carbocycles. The molecule has 0 atom stereocenters. The summed E-state index contributed by atoms with van der Waals surface area (Å²) >= 11 is 0. The summed E-state index contributed by atoms with van der Waals surface area (Å²) in [5.74, 6) is 0. The van der Waals surface area contributed by atoms with Gasteiger partial charge in [-0.2, -0.15) is 0 Å². The van der Waals surface area contributed by atoms with E-state index in [4.69, 9.17) is 0 Å². The van der Waals surface area contributed by atoms with Crippen LogP contribution in [0.3, 0.4) is 0 Å². The second-order valence-electron chi connectivity index (χ2n) is 17.1. The number of rotatable bonds is 2. The van der Waals surface area contributed by atoms with Crippen molar-refractivity contribution >= 4 is 43.4 Å². The van der Waals surface area contributed by atoms with Gasteiger partial charge in [0.05, 0.1) is 11.0 Å². The lowest BCUT2D eigenvalue weighted by molar-refractivity contribution is 0.659. The van der Waals surface area contributed by atoms with Crippen LogP contribution in [0.15, 0.2) is 121 Å². The molecule has 0 amide bonds. The number of aromatic nitrogens is 2. The Kier molecular flexibility index (Phi) is 6.11. The number of benzene rings is 7. The third-order valence-corrected chi connectivity index (χ3v) is 13.8. The topological polar surface area (TPSA) is 9.86 Å². The molecule has 0 fully saturated rings. The third-order valence-electron chi connectivity index (χ3n) is 13.8. The zero-order valence-corrected chi connectivity index (χ0v) is 32.4. The quantitative estimate of drug-likeness (QED) is 0.159. The maximum Gasteiger partial charge on any atom is 0.0612 e. The molecule has 0 saturated heterocycles. The van der Waals surface area contributed by atoms with Crippen LogP contribution in [0.5, 0.6) is 0 Å². The van der Waals surface area contributed by atoms with Crippen LogP contribution in [0.25, 0.3) is 77.0 Å². The van der Waals surface area contributed by atoms with Crippen molar-refractivity contribution in [3.63, 3.8) is 0 Å². The summed E-state index contributed by atoms with van der Waals surface area (Å²) in [6.07, 6.45) is 0. The molecule has 0 unspecified atom stereocenters. The van der Waals surface area contributed by atoms with Crippen LogP contribution in [0.2, 0.25) is 0 Å². The SMILES string of the molecule is Cc1c(C)n(-c2ccc3c(c2)C(C)(C)c2ccccc2-3)c2c1ccc1c3ccc4c(C)c(C)n(-c5ccc6c(c5)C(C)(C)c5ccccc5-6)c4c3ccc12. The van der Waals surface area contributed by atoms with E-state index < -0.39 is 0 Å². The highest BCUT2D eigenvalue weighted by atomic mass is 15.0. The molecule has 2 heterocycles. The molecular formula is C52H44N2. The second kappa shape index (κ2) is 10.4. The number of hydrogen-bond donors (Lipinski definition) is 0. The van der Waals surface area contributed by atoms with E-state index in [1.54, 1.807) is 0 Å². The fraction of sp³-hybridized carbons (Fsp3) is 0.192.